The molecule has 2 bridgehead atoms. The number of hydrogen-bond acceptors (Lipinski definition) is 6. The number of nitrogens with zero attached hydrogens (tertiary/aromatic N) is 1. The van der Waals surface area contributed by atoms with Gasteiger partial charge in [0.1, 0.15) is 5.78 Å². The van der Waals surface area contributed by atoms with Crippen molar-refractivity contribution in [1.82, 2.24) is 4.90 Å². The average Bonchev–Trinajstić information content (AvgIpc) is 3.27. The predicted molar refractivity (Wildman–Crippen MR) is 101 cm³/mol. The molecule has 2 aliphatic heterocycles. The van der Waals surface area contributed by atoms with Gasteiger partial charge in [0.15, 0.2) is 6.29 Å². The van der Waals surface area contributed by atoms with Crippen LogP contribution in [0.4, 0.5) is 0 Å². The highest BCUT2D eigenvalue weighted by atomic mass is 16.7. The van der Waals surface area contributed by atoms with E-state index in [9.17, 15) is 9.90 Å². The largest absolute Gasteiger partial charge is 0.472 e. The minimum atomic E-state index is -1.05. The summed E-state index contributed by atoms with van der Waals surface area (Å²) in [5.74, 6) is 0.442. The molecule has 1 spiro atoms. The van der Waals surface area contributed by atoms with Crippen molar-refractivity contribution in [2.75, 3.05) is 27.2 Å². The summed E-state index contributed by atoms with van der Waals surface area (Å²) < 4.78 is 18.0. The Morgan fingerprint density at radius 2 is 2.18 bits per heavy atom. The van der Waals surface area contributed by atoms with Gasteiger partial charge in [-0.15, -0.1) is 0 Å². The second-order valence-electron chi connectivity index (χ2n) is 9.85. The van der Waals surface area contributed by atoms with Crippen LogP contribution in [0.15, 0.2) is 23.0 Å². The van der Waals surface area contributed by atoms with Crippen LogP contribution in [0.25, 0.3) is 0 Å². The van der Waals surface area contributed by atoms with Crippen molar-refractivity contribution >= 4 is 5.78 Å². The number of rotatable bonds is 3. The Kier molecular flexibility index (Phi) is 4.12. The minimum Gasteiger partial charge on any atom is -0.472 e. The van der Waals surface area contributed by atoms with Gasteiger partial charge in [-0.3, -0.25) is 4.79 Å². The zero-order valence-electron chi connectivity index (χ0n) is 17.0. The van der Waals surface area contributed by atoms with E-state index in [1.165, 1.54) is 0 Å². The second-order valence-corrected chi connectivity index (χ2v) is 9.85. The third kappa shape index (κ3) is 2.20. The Balaban J connectivity index is 1.61. The molecule has 5 rings (SSSR count). The maximum atomic E-state index is 13.5. The van der Waals surface area contributed by atoms with Crippen LogP contribution in [0.3, 0.4) is 0 Å². The molecule has 4 aliphatic rings. The Labute approximate surface area is 166 Å². The van der Waals surface area contributed by atoms with E-state index in [0.717, 1.165) is 24.8 Å². The van der Waals surface area contributed by atoms with Gasteiger partial charge in [0.25, 0.3) is 0 Å². The van der Waals surface area contributed by atoms with Gasteiger partial charge in [0.05, 0.1) is 36.3 Å². The van der Waals surface area contributed by atoms with Gasteiger partial charge < -0.3 is 23.9 Å². The summed E-state index contributed by atoms with van der Waals surface area (Å²) in [7, 11) is 3.92. The summed E-state index contributed by atoms with van der Waals surface area (Å²) in [4.78, 5) is 15.6. The molecule has 1 aromatic rings. The predicted octanol–water partition coefficient (Wildman–Crippen LogP) is 2.77. The van der Waals surface area contributed by atoms with Gasteiger partial charge >= 0.3 is 0 Å². The van der Waals surface area contributed by atoms with Gasteiger partial charge in [-0.25, -0.2) is 0 Å². The Hall–Kier alpha value is -1.21. The maximum Gasteiger partial charge on any atom is 0.164 e. The molecule has 3 heterocycles. The van der Waals surface area contributed by atoms with Crippen molar-refractivity contribution in [2.24, 2.45) is 22.7 Å². The second kappa shape index (κ2) is 6.14. The molecule has 2 saturated heterocycles. The standard InChI is InChI=1S/C22H31NO5/c1-14-9-18(24)22-13-27-19-21(14,10-16(28-19)15-6-8-26-11-15)17(22)5-4-7-20(22,25)12-23(2)3/h6,8,11,14,16-17,19,25H,4-5,7,9-10,12-13H2,1-3H3/t14-,16-,17+,19-,20-,21+,22-/m0/s1. The van der Waals surface area contributed by atoms with Crippen LogP contribution in [0.2, 0.25) is 0 Å². The number of carbonyl (C=O) groups excluding carboxylic acids is 1. The summed E-state index contributed by atoms with van der Waals surface area (Å²) in [5.41, 5.74) is -1.09. The number of likely N-dealkylation sites (N-methyl/N-ethyl adjacent to an activating group) is 1. The van der Waals surface area contributed by atoms with Crippen molar-refractivity contribution < 1.29 is 23.8 Å². The number of ketones is 1. The molecule has 4 fully saturated rings. The van der Waals surface area contributed by atoms with Crippen LogP contribution < -0.4 is 0 Å². The molecule has 0 aromatic carbocycles. The SMILES string of the molecule is C[C@H]1CC(=O)[C@]23CO[C@H]4O[C@H](c5ccoc5)C[C@@]41[C@H]2CCC[C@]3(O)CN(C)C. The first-order valence-corrected chi connectivity index (χ1v) is 10.5. The van der Waals surface area contributed by atoms with Gasteiger partial charge in [-0.2, -0.15) is 0 Å². The molecule has 2 aliphatic carbocycles. The van der Waals surface area contributed by atoms with Crippen LogP contribution in [-0.2, 0) is 14.3 Å². The summed E-state index contributed by atoms with van der Waals surface area (Å²) in [6.07, 6.45) is 6.85. The zero-order chi connectivity index (χ0) is 19.7. The fraction of sp³-hybridized carbons (Fsp3) is 0.773. The molecule has 2 saturated carbocycles. The third-order valence-electron chi connectivity index (χ3n) is 8.28. The number of hydrogen-bond donors (Lipinski definition) is 1. The average molecular weight is 389 g/mol. The van der Waals surface area contributed by atoms with Crippen LogP contribution in [0, 0.1) is 22.7 Å². The van der Waals surface area contributed by atoms with Gasteiger partial charge in [-0.05, 0) is 51.3 Å². The molecule has 1 N–H and O–H groups in total. The van der Waals surface area contributed by atoms with Crippen molar-refractivity contribution in [1.29, 1.82) is 0 Å². The monoisotopic (exact) mass is 389 g/mol. The van der Waals surface area contributed by atoms with Crippen molar-refractivity contribution in [2.45, 2.75) is 57.0 Å². The zero-order valence-corrected chi connectivity index (χ0v) is 17.0. The van der Waals surface area contributed by atoms with E-state index in [1.807, 2.05) is 25.1 Å². The smallest absolute Gasteiger partial charge is 0.164 e. The Bertz CT molecular complexity index is 763. The van der Waals surface area contributed by atoms with Crippen molar-refractivity contribution in [3.63, 3.8) is 0 Å². The summed E-state index contributed by atoms with van der Waals surface area (Å²) in [6, 6.07) is 1.95. The van der Waals surface area contributed by atoms with E-state index in [2.05, 4.69) is 6.92 Å². The molecule has 0 radical (unpaired) electrons. The number of furan rings is 1. The lowest BCUT2D eigenvalue weighted by molar-refractivity contribution is -0.316. The van der Waals surface area contributed by atoms with E-state index < -0.39 is 11.0 Å². The lowest BCUT2D eigenvalue weighted by Gasteiger charge is -2.66. The lowest BCUT2D eigenvalue weighted by atomic mass is 9.41. The topological polar surface area (TPSA) is 72.1 Å². The van der Waals surface area contributed by atoms with E-state index in [1.54, 1.807) is 12.5 Å². The summed E-state index contributed by atoms with van der Waals surface area (Å²) in [6.45, 7) is 2.92. The van der Waals surface area contributed by atoms with Crippen LogP contribution in [0.5, 0.6) is 0 Å². The molecule has 6 heteroatoms. The number of aliphatic hydroxyl groups is 1. The van der Waals surface area contributed by atoms with Crippen molar-refractivity contribution in [3.05, 3.63) is 24.2 Å². The Morgan fingerprint density at radius 3 is 2.89 bits per heavy atom. The molecule has 154 valence electrons. The summed E-state index contributed by atoms with van der Waals surface area (Å²) >= 11 is 0. The molecule has 0 unspecified atom stereocenters. The van der Waals surface area contributed by atoms with Crippen LogP contribution in [-0.4, -0.2) is 54.9 Å². The fourth-order valence-electron chi connectivity index (χ4n) is 7.16. The lowest BCUT2D eigenvalue weighted by Crippen LogP contribution is -2.75. The first kappa shape index (κ1) is 18.8. The van der Waals surface area contributed by atoms with E-state index in [4.69, 9.17) is 13.9 Å². The molecule has 6 nitrogen and oxygen atoms in total. The maximum absolute atomic E-state index is 13.5. The van der Waals surface area contributed by atoms with E-state index in [0.29, 0.717) is 19.4 Å². The van der Waals surface area contributed by atoms with Crippen LogP contribution in [0.1, 0.15) is 50.7 Å². The molecule has 7 atom stereocenters. The highest BCUT2D eigenvalue weighted by Gasteiger charge is 2.75. The van der Waals surface area contributed by atoms with Crippen LogP contribution >= 0.6 is 0 Å². The van der Waals surface area contributed by atoms with Gasteiger partial charge in [0.2, 0.25) is 0 Å². The summed E-state index contributed by atoms with van der Waals surface area (Å²) in [5, 5.41) is 11.9. The van der Waals surface area contributed by atoms with E-state index in [-0.39, 0.29) is 42.0 Å². The highest BCUT2D eigenvalue weighted by Crippen LogP contribution is 2.70. The van der Waals surface area contributed by atoms with Gasteiger partial charge in [-0.1, -0.05) is 13.3 Å². The Morgan fingerprint density at radius 1 is 1.36 bits per heavy atom. The van der Waals surface area contributed by atoms with Gasteiger partial charge in [0, 0.05) is 23.9 Å². The van der Waals surface area contributed by atoms with Crippen molar-refractivity contribution in [3.8, 4) is 0 Å². The minimum absolute atomic E-state index is 0.0842. The van der Waals surface area contributed by atoms with E-state index >= 15 is 0 Å². The molecule has 0 amide bonds. The highest BCUT2D eigenvalue weighted by molar-refractivity contribution is 5.88. The quantitative estimate of drug-likeness (QED) is 0.857. The fourth-order valence-corrected chi connectivity index (χ4v) is 7.16. The number of ether oxygens (including phenoxy) is 2. The first-order valence-electron chi connectivity index (χ1n) is 10.5. The number of Topliss-reactive ketones (excluding diaryl/α,β-unsaturated/α-hetero) is 1. The molecule has 28 heavy (non-hydrogen) atoms. The molecule has 1 aromatic heterocycles. The first-order chi connectivity index (χ1) is 13.3. The molecular weight excluding hydrogens is 358 g/mol. The third-order valence-corrected chi connectivity index (χ3v) is 8.28. The number of carbonyl (C=O) groups is 1. The molecular formula is C22H31NO5. The normalized spacial score (nSPS) is 47.8.